The Morgan fingerprint density at radius 2 is 1.47 bits per heavy atom. The predicted octanol–water partition coefficient (Wildman–Crippen LogP) is 5.68. The van der Waals surface area contributed by atoms with E-state index in [1.165, 1.54) is 22.3 Å². The fourth-order valence-corrected chi connectivity index (χ4v) is 2.26. The lowest BCUT2D eigenvalue weighted by atomic mass is 9.85. The van der Waals surface area contributed by atoms with E-state index in [0.29, 0.717) is 0 Å². The second-order valence-electron chi connectivity index (χ2n) is 6.15. The topological polar surface area (TPSA) is 0 Å². The Morgan fingerprint density at radius 1 is 0.895 bits per heavy atom. The molecule has 0 saturated carbocycles. The van der Waals surface area contributed by atoms with Gasteiger partial charge in [-0.2, -0.15) is 0 Å². The molecule has 98 valence electrons. The smallest absolute Gasteiger partial charge is 0.0109 e. The second kappa shape index (κ2) is 5.05. The average molecular weight is 250 g/mol. The Balaban J connectivity index is 2.46. The molecular weight excluding hydrogens is 228 g/mol. The summed E-state index contributed by atoms with van der Waals surface area (Å²) >= 11 is 0. The van der Waals surface area contributed by atoms with Crippen LogP contribution in [0.2, 0.25) is 0 Å². The SMILES string of the molecule is C=C(C)c1ccccc1-c1ccc(C(C)(C)C)cc1. The summed E-state index contributed by atoms with van der Waals surface area (Å²) in [5.74, 6) is 0. The first-order chi connectivity index (χ1) is 8.89. The molecule has 0 unspecified atom stereocenters. The zero-order valence-corrected chi connectivity index (χ0v) is 12.3. The second-order valence-corrected chi connectivity index (χ2v) is 6.15. The standard InChI is InChI=1S/C19H22/c1-14(2)17-8-6-7-9-18(17)15-10-12-16(13-11-15)19(3,4)5/h6-13H,1H2,2-5H3. The van der Waals surface area contributed by atoms with Crippen molar-refractivity contribution in [1.29, 1.82) is 0 Å². The number of benzene rings is 2. The summed E-state index contributed by atoms with van der Waals surface area (Å²) in [6, 6.07) is 17.3. The van der Waals surface area contributed by atoms with Crippen LogP contribution in [0.25, 0.3) is 16.7 Å². The van der Waals surface area contributed by atoms with Gasteiger partial charge >= 0.3 is 0 Å². The summed E-state index contributed by atoms with van der Waals surface area (Å²) in [6.45, 7) is 12.8. The number of rotatable bonds is 2. The molecule has 0 fully saturated rings. The summed E-state index contributed by atoms with van der Waals surface area (Å²) in [7, 11) is 0. The van der Waals surface area contributed by atoms with E-state index < -0.39 is 0 Å². The maximum atomic E-state index is 4.07. The fourth-order valence-electron chi connectivity index (χ4n) is 2.26. The van der Waals surface area contributed by atoms with Gasteiger partial charge in [0.2, 0.25) is 0 Å². The van der Waals surface area contributed by atoms with Crippen LogP contribution in [0.4, 0.5) is 0 Å². The van der Waals surface area contributed by atoms with Crippen molar-refractivity contribution in [2.75, 3.05) is 0 Å². The predicted molar refractivity (Wildman–Crippen MR) is 85.3 cm³/mol. The molecule has 2 aromatic rings. The van der Waals surface area contributed by atoms with Crippen molar-refractivity contribution < 1.29 is 0 Å². The van der Waals surface area contributed by atoms with Crippen LogP contribution in [0.15, 0.2) is 55.1 Å². The van der Waals surface area contributed by atoms with Crippen LogP contribution in [0.3, 0.4) is 0 Å². The Labute approximate surface area is 116 Å². The lowest BCUT2D eigenvalue weighted by Gasteiger charge is -2.19. The maximum absolute atomic E-state index is 4.07. The minimum absolute atomic E-state index is 0.201. The molecule has 0 aliphatic heterocycles. The van der Waals surface area contributed by atoms with Gasteiger partial charge in [-0.25, -0.2) is 0 Å². The highest BCUT2D eigenvalue weighted by molar-refractivity contribution is 5.79. The van der Waals surface area contributed by atoms with Gasteiger partial charge in [0.25, 0.3) is 0 Å². The third kappa shape index (κ3) is 2.96. The Bertz CT molecular complexity index is 580. The number of allylic oxidation sites excluding steroid dienone is 1. The molecule has 0 bridgehead atoms. The average Bonchev–Trinajstić information content (AvgIpc) is 2.38. The van der Waals surface area contributed by atoms with Gasteiger partial charge in [-0.15, -0.1) is 0 Å². The molecule has 0 amide bonds. The van der Waals surface area contributed by atoms with Crippen molar-refractivity contribution in [2.24, 2.45) is 0 Å². The Hall–Kier alpha value is -1.82. The van der Waals surface area contributed by atoms with Crippen LogP contribution >= 0.6 is 0 Å². The van der Waals surface area contributed by atoms with Crippen molar-refractivity contribution in [3.05, 3.63) is 66.2 Å². The van der Waals surface area contributed by atoms with Crippen LogP contribution in [-0.2, 0) is 5.41 Å². The highest BCUT2D eigenvalue weighted by atomic mass is 14.2. The summed E-state index contributed by atoms with van der Waals surface area (Å²) in [6.07, 6.45) is 0. The van der Waals surface area contributed by atoms with Gasteiger partial charge < -0.3 is 0 Å². The van der Waals surface area contributed by atoms with Crippen molar-refractivity contribution in [2.45, 2.75) is 33.1 Å². The molecule has 19 heavy (non-hydrogen) atoms. The molecule has 0 heterocycles. The summed E-state index contributed by atoms with van der Waals surface area (Å²) in [5, 5.41) is 0. The van der Waals surface area contributed by atoms with Crippen molar-refractivity contribution in [3.63, 3.8) is 0 Å². The first-order valence-electron chi connectivity index (χ1n) is 6.75. The molecule has 0 aromatic heterocycles. The van der Waals surface area contributed by atoms with Gasteiger partial charge in [-0.05, 0) is 34.6 Å². The van der Waals surface area contributed by atoms with E-state index in [0.717, 1.165) is 5.57 Å². The highest BCUT2D eigenvalue weighted by Gasteiger charge is 2.13. The largest absolute Gasteiger partial charge is 0.0955 e. The van der Waals surface area contributed by atoms with Crippen LogP contribution in [-0.4, -0.2) is 0 Å². The van der Waals surface area contributed by atoms with E-state index in [4.69, 9.17) is 0 Å². The van der Waals surface area contributed by atoms with E-state index in [9.17, 15) is 0 Å². The molecule has 0 aliphatic carbocycles. The zero-order valence-electron chi connectivity index (χ0n) is 12.3. The van der Waals surface area contributed by atoms with Gasteiger partial charge in [0.15, 0.2) is 0 Å². The minimum atomic E-state index is 0.201. The van der Waals surface area contributed by atoms with E-state index >= 15 is 0 Å². The highest BCUT2D eigenvalue weighted by Crippen LogP contribution is 2.30. The molecule has 0 saturated heterocycles. The molecule has 0 heteroatoms. The number of hydrogen-bond acceptors (Lipinski definition) is 0. The van der Waals surface area contributed by atoms with E-state index in [2.05, 4.69) is 82.8 Å². The van der Waals surface area contributed by atoms with E-state index in [1.807, 2.05) is 0 Å². The number of hydrogen-bond donors (Lipinski definition) is 0. The lowest BCUT2D eigenvalue weighted by molar-refractivity contribution is 0.590. The summed E-state index contributed by atoms with van der Waals surface area (Å²) in [4.78, 5) is 0. The van der Waals surface area contributed by atoms with Crippen LogP contribution in [0.5, 0.6) is 0 Å². The molecule has 0 N–H and O–H groups in total. The Kier molecular flexibility index (Phi) is 3.61. The molecule has 0 radical (unpaired) electrons. The van der Waals surface area contributed by atoms with Crippen LogP contribution in [0, 0.1) is 0 Å². The Morgan fingerprint density at radius 3 is 2.00 bits per heavy atom. The molecular formula is C19H22. The van der Waals surface area contributed by atoms with Gasteiger partial charge in [0.05, 0.1) is 0 Å². The summed E-state index contributed by atoms with van der Waals surface area (Å²) in [5.41, 5.74) is 6.42. The third-order valence-corrected chi connectivity index (χ3v) is 3.45. The quantitative estimate of drug-likeness (QED) is 0.643. The van der Waals surface area contributed by atoms with Gasteiger partial charge in [0, 0.05) is 0 Å². The third-order valence-electron chi connectivity index (χ3n) is 3.45. The lowest BCUT2D eigenvalue weighted by Crippen LogP contribution is -2.10. The van der Waals surface area contributed by atoms with Crippen molar-refractivity contribution in [1.82, 2.24) is 0 Å². The first-order valence-corrected chi connectivity index (χ1v) is 6.75. The molecule has 2 aromatic carbocycles. The van der Waals surface area contributed by atoms with Crippen molar-refractivity contribution in [3.8, 4) is 11.1 Å². The van der Waals surface area contributed by atoms with E-state index in [-0.39, 0.29) is 5.41 Å². The van der Waals surface area contributed by atoms with Gasteiger partial charge in [-0.3, -0.25) is 0 Å². The monoisotopic (exact) mass is 250 g/mol. The first kappa shape index (κ1) is 13.6. The maximum Gasteiger partial charge on any atom is -0.0109 e. The van der Waals surface area contributed by atoms with Gasteiger partial charge in [-0.1, -0.05) is 81.5 Å². The molecule has 0 atom stereocenters. The molecule has 0 nitrogen and oxygen atoms in total. The molecule has 0 aliphatic rings. The molecule has 0 spiro atoms. The minimum Gasteiger partial charge on any atom is -0.0955 e. The van der Waals surface area contributed by atoms with E-state index in [1.54, 1.807) is 0 Å². The molecule has 2 rings (SSSR count). The zero-order chi connectivity index (χ0) is 14.0. The summed E-state index contributed by atoms with van der Waals surface area (Å²) < 4.78 is 0. The normalized spacial score (nSPS) is 11.4. The van der Waals surface area contributed by atoms with Crippen molar-refractivity contribution >= 4 is 5.57 Å². The van der Waals surface area contributed by atoms with Crippen LogP contribution in [0.1, 0.15) is 38.8 Å². The van der Waals surface area contributed by atoms with Gasteiger partial charge in [0.1, 0.15) is 0 Å². The fraction of sp³-hybridized carbons (Fsp3) is 0.263. The van der Waals surface area contributed by atoms with Crippen LogP contribution < -0.4 is 0 Å².